The van der Waals surface area contributed by atoms with E-state index in [-0.39, 0.29) is 12.0 Å². The molecule has 0 fully saturated rings. The zero-order valence-corrected chi connectivity index (χ0v) is 12.9. The van der Waals surface area contributed by atoms with Gasteiger partial charge in [0.15, 0.2) is 0 Å². The third kappa shape index (κ3) is 5.16. The molecule has 0 aromatic heterocycles. The Balaban J connectivity index is 2.73. The number of allylic oxidation sites excluding steroid dienone is 6. The van der Waals surface area contributed by atoms with Gasteiger partial charge < -0.3 is 5.11 Å². The van der Waals surface area contributed by atoms with Crippen LogP contribution in [0.4, 0.5) is 0 Å². The zero-order valence-electron chi connectivity index (χ0n) is 12.9. The number of carboxylic acids is 1. The van der Waals surface area contributed by atoms with Crippen LogP contribution in [-0.2, 0) is 4.79 Å². The number of hydrogen-bond acceptors (Lipinski definition) is 2. The summed E-state index contributed by atoms with van der Waals surface area (Å²) in [5.74, 6) is -0.910. The molecule has 0 radical (unpaired) electrons. The van der Waals surface area contributed by atoms with Crippen molar-refractivity contribution in [2.45, 2.75) is 47.0 Å². The second kappa shape index (κ2) is 7.22. The molecule has 110 valence electrons. The highest BCUT2D eigenvalue weighted by Gasteiger charge is 2.26. The summed E-state index contributed by atoms with van der Waals surface area (Å²) in [5.41, 5.74) is 4.22. The van der Waals surface area contributed by atoms with Crippen molar-refractivity contribution in [1.82, 2.24) is 0 Å². The molecule has 20 heavy (non-hydrogen) atoms. The molecular weight excluding hydrogens is 250 g/mol. The fourth-order valence-corrected chi connectivity index (χ4v) is 2.58. The summed E-state index contributed by atoms with van der Waals surface area (Å²) < 4.78 is 0. The molecule has 1 N–H and O–H groups in total. The summed E-state index contributed by atoms with van der Waals surface area (Å²) in [6.07, 6.45) is 11.4. The van der Waals surface area contributed by atoms with Crippen molar-refractivity contribution in [3.05, 3.63) is 34.9 Å². The van der Waals surface area contributed by atoms with Gasteiger partial charge in [0.2, 0.25) is 0 Å². The molecule has 0 unspecified atom stereocenters. The normalized spacial score (nSPS) is 20.1. The van der Waals surface area contributed by atoms with Gasteiger partial charge in [0.05, 0.1) is 0 Å². The van der Waals surface area contributed by atoms with Crippen LogP contribution in [0.2, 0.25) is 0 Å². The number of hydrogen-bond donors (Lipinski definition) is 1. The van der Waals surface area contributed by atoms with Crippen molar-refractivity contribution in [2.24, 2.45) is 10.4 Å². The summed E-state index contributed by atoms with van der Waals surface area (Å²) in [7, 11) is 0. The molecule has 0 atom stereocenters. The van der Waals surface area contributed by atoms with Gasteiger partial charge in [-0.1, -0.05) is 31.6 Å². The first kappa shape index (κ1) is 16.4. The van der Waals surface area contributed by atoms with Gasteiger partial charge in [0.1, 0.15) is 6.54 Å². The van der Waals surface area contributed by atoms with Gasteiger partial charge in [-0.15, -0.1) is 0 Å². The van der Waals surface area contributed by atoms with Crippen LogP contribution >= 0.6 is 0 Å². The minimum Gasteiger partial charge on any atom is -0.480 e. The second-order valence-electron chi connectivity index (χ2n) is 6.06. The number of rotatable bonds is 5. The molecular formula is C17H25NO2. The molecule has 0 saturated heterocycles. The van der Waals surface area contributed by atoms with Gasteiger partial charge in [0.25, 0.3) is 0 Å². The van der Waals surface area contributed by atoms with Gasteiger partial charge in [-0.3, -0.25) is 9.79 Å². The average molecular weight is 275 g/mol. The van der Waals surface area contributed by atoms with Crippen LogP contribution in [0.3, 0.4) is 0 Å². The average Bonchev–Trinajstić information content (AvgIpc) is 2.33. The summed E-state index contributed by atoms with van der Waals surface area (Å²) >= 11 is 0. The summed E-state index contributed by atoms with van der Waals surface area (Å²) in [4.78, 5) is 14.1. The van der Waals surface area contributed by atoms with E-state index >= 15 is 0 Å². The maximum atomic E-state index is 10.3. The third-order valence-corrected chi connectivity index (χ3v) is 3.72. The van der Waals surface area contributed by atoms with Gasteiger partial charge in [-0.2, -0.15) is 0 Å². The minimum atomic E-state index is -0.910. The maximum Gasteiger partial charge on any atom is 0.325 e. The SMILES string of the molecule is CC1=C(/C=C/C(C)=C/C=NCC(=O)O)C(C)(C)CCC1. The fraction of sp³-hybridized carbons (Fsp3) is 0.529. The molecule has 3 nitrogen and oxygen atoms in total. The largest absolute Gasteiger partial charge is 0.480 e. The van der Waals surface area contributed by atoms with Crippen LogP contribution in [-0.4, -0.2) is 23.8 Å². The predicted octanol–water partition coefficient (Wildman–Crippen LogP) is 4.17. The molecule has 0 saturated carbocycles. The van der Waals surface area contributed by atoms with E-state index in [0.29, 0.717) is 0 Å². The first-order chi connectivity index (χ1) is 9.33. The standard InChI is InChI=1S/C17H25NO2/c1-13(9-11-18-12-16(19)20)7-8-15-14(2)6-5-10-17(15,3)4/h7-9,11H,5-6,10,12H2,1-4H3,(H,19,20)/b8-7+,13-9+,18-11?. The van der Waals surface area contributed by atoms with Crippen molar-refractivity contribution in [3.63, 3.8) is 0 Å². The maximum absolute atomic E-state index is 10.3. The molecule has 1 rings (SSSR count). The van der Waals surface area contributed by atoms with Crippen LogP contribution in [0.25, 0.3) is 0 Å². The van der Waals surface area contributed by atoms with Crippen molar-refractivity contribution in [3.8, 4) is 0 Å². The second-order valence-corrected chi connectivity index (χ2v) is 6.06. The zero-order chi connectivity index (χ0) is 15.2. The van der Waals surface area contributed by atoms with Crippen molar-refractivity contribution in [1.29, 1.82) is 0 Å². The smallest absolute Gasteiger partial charge is 0.325 e. The Labute approximate surface area is 121 Å². The summed E-state index contributed by atoms with van der Waals surface area (Å²) in [6, 6.07) is 0. The number of carboxylic acid groups (broad SMARTS) is 1. The van der Waals surface area contributed by atoms with Gasteiger partial charge in [0, 0.05) is 6.21 Å². The van der Waals surface area contributed by atoms with Gasteiger partial charge >= 0.3 is 5.97 Å². The summed E-state index contributed by atoms with van der Waals surface area (Å²) in [5, 5.41) is 8.48. The van der Waals surface area contributed by atoms with Crippen molar-refractivity contribution < 1.29 is 9.90 Å². The first-order valence-electron chi connectivity index (χ1n) is 7.10. The molecule has 3 heteroatoms. The fourth-order valence-electron chi connectivity index (χ4n) is 2.58. The molecule has 0 spiro atoms. The number of nitrogens with zero attached hydrogens (tertiary/aromatic N) is 1. The molecule has 1 aliphatic carbocycles. The lowest BCUT2D eigenvalue weighted by atomic mass is 9.72. The quantitative estimate of drug-likeness (QED) is 0.604. The number of aliphatic imine (C=N–C) groups is 1. The highest BCUT2D eigenvalue weighted by atomic mass is 16.4. The van der Waals surface area contributed by atoms with E-state index in [1.54, 1.807) is 6.21 Å². The highest BCUT2D eigenvalue weighted by Crippen LogP contribution is 2.40. The van der Waals surface area contributed by atoms with Crippen LogP contribution < -0.4 is 0 Å². The third-order valence-electron chi connectivity index (χ3n) is 3.72. The van der Waals surface area contributed by atoms with Crippen LogP contribution in [0.15, 0.2) is 39.9 Å². The molecule has 0 aromatic carbocycles. The Morgan fingerprint density at radius 2 is 2.15 bits per heavy atom. The van der Waals surface area contributed by atoms with E-state index in [0.717, 1.165) is 5.57 Å². The lowest BCUT2D eigenvalue weighted by Gasteiger charge is -2.32. The Morgan fingerprint density at radius 1 is 1.45 bits per heavy atom. The minimum absolute atomic E-state index is 0.176. The van der Waals surface area contributed by atoms with Crippen molar-refractivity contribution in [2.75, 3.05) is 6.54 Å². The molecule has 0 aliphatic heterocycles. The van der Waals surface area contributed by atoms with Crippen LogP contribution in [0.5, 0.6) is 0 Å². The lowest BCUT2D eigenvalue weighted by Crippen LogP contribution is -2.19. The monoisotopic (exact) mass is 275 g/mol. The van der Waals surface area contributed by atoms with E-state index in [9.17, 15) is 4.79 Å². The Kier molecular flexibility index (Phi) is 5.93. The van der Waals surface area contributed by atoms with E-state index in [1.807, 2.05) is 13.0 Å². The Hall–Kier alpha value is -1.64. The Bertz CT molecular complexity index is 479. The van der Waals surface area contributed by atoms with Crippen LogP contribution in [0, 0.1) is 5.41 Å². The first-order valence-corrected chi connectivity index (χ1v) is 7.10. The predicted molar refractivity (Wildman–Crippen MR) is 84.2 cm³/mol. The van der Waals surface area contributed by atoms with E-state index in [1.165, 1.54) is 30.4 Å². The Morgan fingerprint density at radius 3 is 2.75 bits per heavy atom. The topological polar surface area (TPSA) is 49.7 Å². The van der Waals surface area contributed by atoms with Gasteiger partial charge in [-0.05, 0) is 55.7 Å². The highest BCUT2D eigenvalue weighted by molar-refractivity contribution is 5.77. The van der Waals surface area contributed by atoms with Crippen LogP contribution in [0.1, 0.15) is 47.0 Å². The molecule has 0 heterocycles. The summed E-state index contributed by atoms with van der Waals surface area (Å²) in [6.45, 7) is 8.62. The van der Waals surface area contributed by atoms with Gasteiger partial charge in [-0.25, -0.2) is 0 Å². The molecule has 0 aromatic rings. The number of carbonyl (C=O) groups is 1. The molecule has 1 aliphatic rings. The molecule has 0 amide bonds. The van der Waals surface area contributed by atoms with E-state index in [2.05, 4.69) is 37.9 Å². The number of aliphatic carboxylic acids is 1. The van der Waals surface area contributed by atoms with E-state index < -0.39 is 5.97 Å². The van der Waals surface area contributed by atoms with E-state index in [4.69, 9.17) is 5.11 Å². The van der Waals surface area contributed by atoms with Crippen molar-refractivity contribution >= 4 is 12.2 Å². The lowest BCUT2D eigenvalue weighted by molar-refractivity contribution is -0.135. The molecule has 0 bridgehead atoms.